The fourth-order valence-corrected chi connectivity index (χ4v) is 4.75. The fraction of sp³-hybridized carbons (Fsp3) is 0.250. The molecule has 1 amide bonds. The van der Waals surface area contributed by atoms with Crippen LogP contribution in [0.2, 0.25) is 0 Å². The summed E-state index contributed by atoms with van der Waals surface area (Å²) >= 11 is 0. The van der Waals surface area contributed by atoms with Crippen LogP contribution in [0.1, 0.15) is 30.3 Å². The van der Waals surface area contributed by atoms with E-state index in [1.165, 1.54) is 13.2 Å². The maximum Gasteiger partial charge on any atom is 0.245 e. The second-order valence-electron chi connectivity index (χ2n) is 8.81. The number of benzene rings is 2. The predicted octanol–water partition coefficient (Wildman–Crippen LogP) is 5.54. The number of carbonyl (C=O) groups is 1. The minimum Gasteiger partial charge on any atom is -0.494 e. The molecule has 1 unspecified atom stereocenters. The molecule has 7 nitrogen and oxygen atoms in total. The Bertz CT molecular complexity index is 1430. The Hall–Kier alpha value is -4.20. The highest BCUT2D eigenvalue weighted by Gasteiger charge is 2.28. The molecule has 0 aliphatic carbocycles. The van der Waals surface area contributed by atoms with E-state index >= 15 is 0 Å². The number of carbonyl (C=O) groups excluding carboxylic acids is 1. The number of aryl methyl sites for hydroxylation is 1. The molecule has 1 aliphatic rings. The van der Waals surface area contributed by atoms with Crippen LogP contribution in [-0.4, -0.2) is 45.4 Å². The molecule has 1 atom stereocenters. The zero-order valence-electron chi connectivity index (χ0n) is 20.3. The Balaban J connectivity index is 1.48. The molecule has 1 aliphatic heterocycles. The third-order valence-corrected chi connectivity index (χ3v) is 6.53. The molecule has 1 fully saturated rings. The zero-order chi connectivity index (χ0) is 25.2. The van der Waals surface area contributed by atoms with Crippen molar-refractivity contribution in [2.75, 3.05) is 20.2 Å². The minimum atomic E-state index is -0.549. The number of hydrogen-bond donors (Lipinski definition) is 0. The highest BCUT2D eigenvalue weighted by atomic mass is 19.1. The van der Waals surface area contributed by atoms with Gasteiger partial charge >= 0.3 is 0 Å². The molecule has 2 aromatic carbocycles. The summed E-state index contributed by atoms with van der Waals surface area (Å²) in [6, 6.07) is 12.1. The molecule has 2 aromatic heterocycles. The van der Waals surface area contributed by atoms with E-state index in [-0.39, 0.29) is 23.3 Å². The van der Waals surface area contributed by atoms with Crippen LogP contribution >= 0.6 is 0 Å². The molecule has 36 heavy (non-hydrogen) atoms. The van der Waals surface area contributed by atoms with Crippen molar-refractivity contribution in [3.05, 3.63) is 84.8 Å². The number of methoxy groups -OCH3 is 1. The Morgan fingerprint density at radius 2 is 1.94 bits per heavy atom. The lowest BCUT2D eigenvalue weighted by molar-refractivity contribution is -0.127. The molecule has 1 saturated heterocycles. The van der Waals surface area contributed by atoms with Crippen molar-refractivity contribution in [3.8, 4) is 28.5 Å². The maximum absolute atomic E-state index is 14.5. The van der Waals surface area contributed by atoms with E-state index in [2.05, 4.69) is 16.0 Å². The van der Waals surface area contributed by atoms with Crippen LogP contribution in [0.15, 0.2) is 67.5 Å². The molecule has 0 N–H and O–H groups in total. The lowest BCUT2D eigenvalue weighted by Gasteiger charge is -2.31. The minimum absolute atomic E-state index is 0.0535. The molecular formula is C28H27FN4O3. The summed E-state index contributed by atoms with van der Waals surface area (Å²) in [7, 11) is 1.42. The third-order valence-electron chi connectivity index (χ3n) is 6.53. The van der Waals surface area contributed by atoms with Crippen molar-refractivity contribution in [3.63, 3.8) is 0 Å². The van der Waals surface area contributed by atoms with Crippen LogP contribution in [0.3, 0.4) is 0 Å². The number of nitrogens with zero attached hydrogens (tertiary/aromatic N) is 4. The number of amides is 1. The summed E-state index contributed by atoms with van der Waals surface area (Å²) in [6.07, 6.45) is 6.85. The number of piperidine rings is 1. The number of ether oxygens (including phenoxy) is 2. The molecule has 0 radical (unpaired) electrons. The fourth-order valence-electron chi connectivity index (χ4n) is 4.75. The normalized spacial score (nSPS) is 15.6. The topological polar surface area (TPSA) is 69.0 Å². The van der Waals surface area contributed by atoms with Crippen LogP contribution in [0.4, 0.5) is 4.39 Å². The van der Waals surface area contributed by atoms with Gasteiger partial charge in [0.15, 0.2) is 11.5 Å². The Kier molecular flexibility index (Phi) is 6.41. The standard InChI is InChI=1S/C28H27FN4O3/c1-4-25(34)32-14-6-7-20(17-32)28-31-27(22-16-30-15-18(2)33(22)28)19-10-12-21(13-11-19)36-24-9-5-8-23(35-3)26(24)29/h4-5,8-13,15-16,20H,1,6-7,14,17H2,2-3H3. The molecule has 0 bridgehead atoms. The largest absolute Gasteiger partial charge is 0.494 e. The Morgan fingerprint density at radius 1 is 1.17 bits per heavy atom. The van der Waals surface area contributed by atoms with Gasteiger partial charge in [-0.3, -0.25) is 14.2 Å². The van der Waals surface area contributed by atoms with Gasteiger partial charge in [0.1, 0.15) is 11.6 Å². The average molecular weight is 487 g/mol. The van der Waals surface area contributed by atoms with Crippen LogP contribution in [0.25, 0.3) is 16.8 Å². The number of fused-ring (bicyclic) bond motifs is 1. The monoisotopic (exact) mass is 486 g/mol. The van der Waals surface area contributed by atoms with E-state index in [9.17, 15) is 9.18 Å². The summed E-state index contributed by atoms with van der Waals surface area (Å²) in [5.74, 6) is 1.13. The van der Waals surface area contributed by atoms with Crippen LogP contribution < -0.4 is 9.47 Å². The van der Waals surface area contributed by atoms with Crippen LogP contribution in [0, 0.1) is 12.7 Å². The number of hydrogen-bond acceptors (Lipinski definition) is 5. The summed E-state index contributed by atoms with van der Waals surface area (Å²) in [4.78, 5) is 23.5. The number of halogens is 1. The van der Waals surface area contributed by atoms with E-state index in [4.69, 9.17) is 14.5 Å². The van der Waals surface area contributed by atoms with Gasteiger partial charge in [-0.2, -0.15) is 4.39 Å². The predicted molar refractivity (Wildman–Crippen MR) is 135 cm³/mol. The first-order valence-electron chi connectivity index (χ1n) is 11.8. The lowest BCUT2D eigenvalue weighted by Crippen LogP contribution is -2.38. The van der Waals surface area contributed by atoms with Gasteiger partial charge in [0.2, 0.25) is 11.7 Å². The van der Waals surface area contributed by atoms with Crippen LogP contribution in [-0.2, 0) is 4.79 Å². The maximum atomic E-state index is 14.5. The quantitative estimate of drug-likeness (QED) is 0.335. The van der Waals surface area contributed by atoms with Gasteiger partial charge in [-0.1, -0.05) is 12.6 Å². The van der Waals surface area contributed by atoms with Crippen molar-refractivity contribution >= 4 is 11.4 Å². The molecular weight excluding hydrogens is 459 g/mol. The van der Waals surface area contributed by atoms with E-state index < -0.39 is 5.82 Å². The summed E-state index contributed by atoms with van der Waals surface area (Å²) < 4.78 is 27.4. The molecule has 5 rings (SSSR count). The van der Waals surface area contributed by atoms with Crippen molar-refractivity contribution in [2.45, 2.75) is 25.7 Å². The molecule has 0 spiro atoms. The van der Waals surface area contributed by atoms with E-state index in [0.717, 1.165) is 47.7 Å². The lowest BCUT2D eigenvalue weighted by atomic mass is 9.97. The molecule has 8 heteroatoms. The summed E-state index contributed by atoms with van der Waals surface area (Å²) in [5, 5.41) is 0. The second-order valence-corrected chi connectivity index (χ2v) is 8.81. The van der Waals surface area contributed by atoms with E-state index in [1.54, 1.807) is 30.3 Å². The highest BCUT2D eigenvalue weighted by Crippen LogP contribution is 2.35. The van der Waals surface area contributed by atoms with Gasteiger partial charge in [0.25, 0.3) is 0 Å². The number of likely N-dealkylation sites (tertiary alicyclic amines) is 1. The first-order chi connectivity index (χ1) is 17.5. The van der Waals surface area contributed by atoms with Crippen molar-refractivity contribution in [1.29, 1.82) is 0 Å². The molecule has 184 valence electrons. The Labute approximate surface area is 208 Å². The van der Waals surface area contributed by atoms with Gasteiger partial charge in [0.05, 0.1) is 24.5 Å². The van der Waals surface area contributed by atoms with Gasteiger partial charge in [-0.25, -0.2) is 4.98 Å². The third kappa shape index (κ3) is 4.30. The van der Waals surface area contributed by atoms with Gasteiger partial charge in [0, 0.05) is 36.5 Å². The summed E-state index contributed by atoms with van der Waals surface area (Å²) in [5.41, 5.74) is 3.55. The molecule has 4 aromatic rings. The average Bonchev–Trinajstić information content (AvgIpc) is 3.31. The number of rotatable bonds is 6. The van der Waals surface area contributed by atoms with Gasteiger partial charge in [-0.05, 0) is 62.2 Å². The van der Waals surface area contributed by atoms with Crippen molar-refractivity contribution in [2.24, 2.45) is 0 Å². The zero-order valence-corrected chi connectivity index (χ0v) is 20.3. The number of aromatic nitrogens is 3. The first kappa shape index (κ1) is 23.5. The summed E-state index contributed by atoms with van der Waals surface area (Å²) in [6.45, 7) is 6.97. The van der Waals surface area contributed by atoms with Crippen molar-refractivity contribution in [1.82, 2.24) is 19.3 Å². The Morgan fingerprint density at radius 3 is 2.69 bits per heavy atom. The van der Waals surface area contributed by atoms with E-state index in [1.807, 2.05) is 36.4 Å². The van der Waals surface area contributed by atoms with Gasteiger partial charge in [-0.15, -0.1) is 0 Å². The molecule has 0 saturated carbocycles. The van der Waals surface area contributed by atoms with Crippen LogP contribution in [0.5, 0.6) is 17.2 Å². The second kappa shape index (κ2) is 9.81. The van der Waals surface area contributed by atoms with Gasteiger partial charge < -0.3 is 14.4 Å². The SMILES string of the molecule is C=CC(=O)N1CCCC(c2nc(-c3ccc(Oc4cccc(OC)c4F)cc3)c3cncc(C)n23)C1. The number of imidazole rings is 1. The molecule has 3 heterocycles. The smallest absolute Gasteiger partial charge is 0.245 e. The van der Waals surface area contributed by atoms with Crippen molar-refractivity contribution < 1.29 is 18.7 Å². The first-order valence-corrected chi connectivity index (χ1v) is 11.8. The highest BCUT2D eigenvalue weighted by molar-refractivity contribution is 5.87. The van der Waals surface area contributed by atoms with E-state index in [0.29, 0.717) is 12.3 Å².